The first kappa shape index (κ1) is 10.8. The largest absolute Gasteiger partial charge is 0.384 e. The van der Waals surface area contributed by atoms with E-state index in [1.54, 1.807) is 0 Å². The van der Waals surface area contributed by atoms with Crippen LogP contribution in [0.2, 0.25) is 0 Å². The summed E-state index contributed by atoms with van der Waals surface area (Å²) in [6.07, 6.45) is 0. The van der Waals surface area contributed by atoms with Gasteiger partial charge in [0.2, 0.25) is 0 Å². The average molecular weight is 184 g/mol. The summed E-state index contributed by atoms with van der Waals surface area (Å²) in [5.74, 6) is -0.630. The third-order valence-corrected chi connectivity index (χ3v) is 2.30. The molecule has 0 aromatic heterocycles. The van der Waals surface area contributed by atoms with E-state index in [9.17, 15) is 8.42 Å². The standard InChI is InChI=1S/C5H12O5S/c1-4(3-10-2)5(6)11(7,8)9/h4-6H,3H2,1-2H3,(H,7,8,9). The van der Waals surface area contributed by atoms with E-state index in [0.29, 0.717) is 0 Å². The molecule has 0 fully saturated rings. The lowest BCUT2D eigenvalue weighted by atomic mass is 10.2. The zero-order valence-corrected chi connectivity index (χ0v) is 7.21. The van der Waals surface area contributed by atoms with Crippen LogP contribution >= 0.6 is 0 Å². The summed E-state index contributed by atoms with van der Waals surface area (Å²) in [4.78, 5) is 0. The normalized spacial score (nSPS) is 17.8. The van der Waals surface area contributed by atoms with Crippen molar-refractivity contribution in [3.8, 4) is 0 Å². The Hall–Kier alpha value is -0.170. The predicted octanol–water partition coefficient (Wildman–Crippen LogP) is -0.525. The highest BCUT2D eigenvalue weighted by Gasteiger charge is 2.26. The molecule has 68 valence electrons. The quantitative estimate of drug-likeness (QED) is 0.574. The summed E-state index contributed by atoms with van der Waals surface area (Å²) in [5.41, 5.74) is -1.76. The van der Waals surface area contributed by atoms with Crippen molar-refractivity contribution in [2.75, 3.05) is 13.7 Å². The lowest BCUT2D eigenvalue weighted by Crippen LogP contribution is -2.29. The van der Waals surface area contributed by atoms with Crippen molar-refractivity contribution in [1.82, 2.24) is 0 Å². The highest BCUT2D eigenvalue weighted by Crippen LogP contribution is 2.08. The van der Waals surface area contributed by atoms with Gasteiger partial charge in [-0.05, 0) is 0 Å². The lowest BCUT2D eigenvalue weighted by Gasteiger charge is -2.14. The molecule has 2 unspecified atom stereocenters. The Bertz CT molecular complexity index is 197. The summed E-state index contributed by atoms with van der Waals surface area (Å²) >= 11 is 0. The summed E-state index contributed by atoms with van der Waals surface area (Å²) in [6.45, 7) is 1.54. The Kier molecular flexibility index (Phi) is 3.95. The Morgan fingerprint density at radius 3 is 2.27 bits per heavy atom. The molecule has 0 radical (unpaired) electrons. The molecule has 0 aromatic rings. The number of rotatable bonds is 4. The van der Waals surface area contributed by atoms with Gasteiger partial charge in [-0.25, -0.2) is 0 Å². The molecule has 0 aliphatic carbocycles. The molecular formula is C5H12O5S. The maximum absolute atomic E-state index is 10.3. The number of hydrogen-bond acceptors (Lipinski definition) is 4. The first-order valence-corrected chi connectivity index (χ1v) is 4.53. The van der Waals surface area contributed by atoms with E-state index in [-0.39, 0.29) is 6.61 Å². The van der Waals surface area contributed by atoms with Crippen LogP contribution in [0.1, 0.15) is 6.92 Å². The van der Waals surface area contributed by atoms with Crippen molar-refractivity contribution in [2.45, 2.75) is 12.4 Å². The van der Waals surface area contributed by atoms with Crippen LogP contribution in [-0.4, -0.2) is 37.2 Å². The molecule has 0 aliphatic rings. The smallest absolute Gasteiger partial charge is 0.292 e. The van der Waals surface area contributed by atoms with Crippen LogP contribution in [0, 0.1) is 5.92 Å². The molecular weight excluding hydrogens is 172 g/mol. The van der Waals surface area contributed by atoms with Gasteiger partial charge in [0.25, 0.3) is 10.1 Å². The van der Waals surface area contributed by atoms with Gasteiger partial charge in [0.1, 0.15) is 0 Å². The maximum atomic E-state index is 10.3. The van der Waals surface area contributed by atoms with Crippen molar-refractivity contribution in [3.63, 3.8) is 0 Å². The summed E-state index contributed by atoms with van der Waals surface area (Å²) in [6, 6.07) is 0. The van der Waals surface area contributed by atoms with Gasteiger partial charge in [-0.2, -0.15) is 8.42 Å². The number of aliphatic hydroxyl groups excluding tert-OH is 1. The molecule has 11 heavy (non-hydrogen) atoms. The topological polar surface area (TPSA) is 83.8 Å². The van der Waals surface area contributed by atoms with Crippen molar-refractivity contribution in [1.29, 1.82) is 0 Å². The van der Waals surface area contributed by atoms with Gasteiger partial charge in [-0.3, -0.25) is 4.55 Å². The van der Waals surface area contributed by atoms with Crippen molar-refractivity contribution >= 4 is 10.1 Å². The van der Waals surface area contributed by atoms with Crippen LogP contribution in [0.3, 0.4) is 0 Å². The Balaban J connectivity index is 4.14. The Morgan fingerprint density at radius 1 is 1.55 bits per heavy atom. The van der Waals surface area contributed by atoms with E-state index in [1.807, 2.05) is 0 Å². The molecule has 2 atom stereocenters. The lowest BCUT2D eigenvalue weighted by molar-refractivity contribution is 0.0941. The minimum absolute atomic E-state index is 0.0843. The molecule has 0 rings (SSSR count). The van der Waals surface area contributed by atoms with Crippen LogP contribution in [0.5, 0.6) is 0 Å². The number of ether oxygens (including phenoxy) is 1. The van der Waals surface area contributed by atoms with E-state index < -0.39 is 21.5 Å². The molecule has 5 nitrogen and oxygen atoms in total. The highest BCUT2D eigenvalue weighted by molar-refractivity contribution is 7.86. The number of methoxy groups -OCH3 is 1. The number of hydrogen-bond donors (Lipinski definition) is 2. The Labute approximate surface area is 65.7 Å². The van der Waals surface area contributed by atoms with Gasteiger partial charge in [0, 0.05) is 13.0 Å². The third-order valence-electron chi connectivity index (χ3n) is 1.22. The maximum Gasteiger partial charge on any atom is 0.292 e. The first-order chi connectivity index (χ1) is 4.89. The zero-order chi connectivity index (χ0) is 9.07. The van der Waals surface area contributed by atoms with Crippen LogP contribution in [0.4, 0.5) is 0 Å². The van der Waals surface area contributed by atoms with E-state index in [1.165, 1.54) is 14.0 Å². The van der Waals surface area contributed by atoms with E-state index >= 15 is 0 Å². The van der Waals surface area contributed by atoms with Gasteiger partial charge < -0.3 is 9.84 Å². The van der Waals surface area contributed by atoms with Gasteiger partial charge in [0.05, 0.1) is 6.61 Å². The molecule has 2 N–H and O–H groups in total. The van der Waals surface area contributed by atoms with Gasteiger partial charge in [-0.15, -0.1) is 0 Å². The second-order valence-corrected chi connectivity index (χ2v) is 3.85. The zero-order valence-electron chi connectivity index (χ0n) is 6.39. The van der Waals surface area contributed by atoms with Crippen LogP contribution < -0.4 is 0 Å². The highest BCUT2D eigenvalue weighted by atomic mass is 32.2. The fourth-order valence-electron chi connectivity index (χ4n) is 0.639. The molecule has 0 heterocycles. The van der Waals surface area contributed by atoms with E-state index in [2.05, 4.69) is 4.74 Å². The van der Waals surface area contributed by atoms with Crippen LogP contribution in [0.15, 0.2) is 0 Å². The molecule has 0 saturated heterocycles. The van der Waals surface area contributed by atoms with Crippen molar-refractivity contribution < 1.29 is 22.8 Å². The summed E-state index contributed by atoms with van der Waals surface area (Å²) in [7, 11) is -2.97. The monoisotopic (exact) mass is 184 g/mol. The molecule has 0 aromatic carbocycles. The molecule has 0 aliphatic heterocycles. The molecule has 0 amide bonds. The fraction of sp³-hybridized carbons (Fsp3) is 1.00. The minimum Gasteiger partial charge on any atom is -0.384 e. The fourth-order valence-corrected chi connectivity index (χ4v) is 1.30. The SMILES string of the molecule is COCC(C)C(O)S(=O)(=O)O. The van der Waals surface area contributed by atoms with Gasteiger partial charge in [-0.1, -0.05) is 6.92 Å². The van der Waals surface area contributed by atoms with Gasteiger partial charge >= 0.3 is 0 Å². The van der Waals surface area contributed by atoms with E-state index in [0.717, 1.165) is 0 Å². The molecule has 6 heteroatoms. The molecule has 0 saturated carbocycles. The Morgan fingerprint density at radius 2 is 2.00 bits per heavy atom. The second kappa shape index (κ2) is 4.01. The van der Waals surface area contributed by atoms with Gasteiger partial charge in [0.15, 0.2) is 5.44 Å². The molecule has 0 bridgehead atoms. The summed E-state index contributed by atoms with van der Waals surface area (Å²) in [5, 5.41) is 8.87. The van der Waals surface area contributed by atoms with Crippen molar-refractivity contribution in [2.24, 2.45) is 5.92 Å². The minimum atomic E-state index is -4.35. The first-order valence-electron chi connectivity index (χ1n) is 3.03. The summed E-state index contributed by atoms with van der Waals surface area (Å²) < 4.78 is 33.5. The third kappa shape index (κ3) is 3.66. The predicted molar refractivity (Wildman–Crippen MR) is 38.6 cm³/mol. The average Bonchev–Trinajstić information content (AvgIpc) is 1.85. The van der Waals surface area contributed by atoms with E-state index in [4.69, 9.17) is 9.66 Å². The van der Waals surface area contributed by atoms with Crippen molar-refractivity contribution in [3.05, 3.63) is 0 Å². The van der Waals surface area contributed by atoms with Crippen LogP contribution in [-0.2, 0) is 14.9 Å². The molecule has 0 spiro atoms. The second-order valence-electron chi connectivity index (χ2n) is 2.34. The van der Waals surface area contributed by atoms with Crippen LogP contribution in [0.25, 0.3) is 0 Å². The number of aliphatic hydroxyl groups is 1.